The minimum Gasteiger partial charge on any atom is -0.0204 e. The van der Waals surface area contributed by atoms with E-state index in [4.69, 9.17) is 0 Å². The Hall–Kier alpha value is -1.43. The third-order valence-electron chi connectivity index (χ3n) is 2.57. The number of hydrogen-bond acceptors (Lipinski definition) is 0. The average Bonchev–Trinajstić information content (AvgIpc) is 2.52. The average molecular weight is 153 g/mol. The van der Waals surface area contributed by atoms with Crippen LogP contribution in [-0.2, 0) is 0 Å². The first-order valence-corrected chi connectivity index (χ1v) is 4.29. The molecule has 0 atom stereocenters. The Bertz CT molecular complexity index is 373. The van der Waals surface area contributed by atoms with E-state index < -0.39 is 0 Å². The Morgan fingerprint density at radius 1 is 1.00 bits per heavy atom. The molecule has 56 valence electrons. The van der Waals surface area contributed by atoms with Gasteiger partial charge in [-0.25, -0.2) is 0 Å². The molecular weight excluding hydrogens is 144 g/mol. The summed E-state index contributed by atoms with van der Waals surface area (Å²) >= 11 is 0. The molecule has 0 saturated carbocycles. The Labute approximate surface area is 72.3 Å². The van der Waals surface area contributed by atoms with Gasteiger partial charge >= 0.3 is 0 Å². The van der Waals surface area contributed by atoms with Gasteiger partial charge in [0.2, 0.25) is 0 Å². The van der Waals surface area contributed by atoms with Crippen LogP contribution in [0.2, 0.25) is 0 Å². The SMILES string of the molecule is C1=CC2=CC=CC3=CCC(=C1)[C+]23. The predicted octanol–water partition coefficient (Wildman–Crippen LogP) is 2.88. The van der Waals surface area contributed by atoms with Gasteiger partial charge in [-0.2, -0.15) is 0 Å². The van der Waals surface area contributed by atoms with Crippen LogP contribution < -0.4 is 0 Å². The minimum absolute atomic E-state index is 1.11. The van der Waals surface area contributed by atoms with Crippen molar-refractivity contribution in [2.24, 2.45) is 0 Å². The van der Waals surface area contributed by atoms with E-state index in [2.05, 4.69) is 42.5 Å². The monoisotopic (exact) mass is 153 g/mol. The van der Waals surface area contributed by atoms with Gasteiger partial charge in [-0.05, 0) is 24.3 Å². The van der Waals surface area contributed by atoms with Crippen LogP contribution >= 0.6 is 0 Å². The number of rotatable bonds is 0. The highest BCUT2D eigenvalue weighted by molar-refractivity contribution is 5.69. The van der Waals surface area contributed by atoms with Gasteiger partial charge in [-0.3, -0.25) is 0 Å². The van der Waals surface area contributed by atoms with Crippen molar-refractivity contribution in [2.75, 3.05) is 0 Å². The number of hydrogen-bond donors (Lipinski definition) is 0. The first-order chi connectivity index (χ1) is 5.95. The molecule has 0 aromatic rings. The van der Waals surface area contributed by atoms with Gasteiger partial charge in [0.1, 0.15) is 0 Å². The third-order valence-corrected chi connectivity index (χ3v) is 2.57. The van der Waals surface area contributed by atoms with E-state index in [0.717, 1.165) is 6.42 Å². The summed E-state index contributed by atoms with van der Waals surface area (Å²) in [4.78, 5) is 0. The zero-order valence-electron chi connectivity index (χ0n) is 6.75. The van der Waals surface area contributed by atoms with Crippen molar-refractivity contribution in [2.45, 2.75) is 6.42 Å². The summed E-state index contributed by atoms with van der Waals surface area (Å²) in [6.45, 7) is 0. The molecule has 0 aromatic carbocycles. The van der Waals surface area contributed by atoms with E-state index in [1.165, 1.54) is 22.6 Å². The molecule has 0 spiro atoms. The molecule has 0 bridgehead atoms. The molecule has 0 aromatic heterocycles. The molecule has 0 saturated heterocycles. The second kappa shape index (κ2) is 2.04. The van der Waals surface area contributed by atoms with Crippen LogP contribution in [0.4, 0.5) is 0 Å². The van der Waals surface area contributed by atoms with E-state index in [0.29, 0.717) is 0 Å². The molecule has 0 unspecified atom stereocenters. The minimum atomic E-state index is 1.11. The quantitative estimate of drug-likeness (QED) is 0.469. The van der Waals surface area contributed by atoms with Gasteiger partial charge in [0.25, 0.3) is 0 Å². The van der Waals surface area contributed by atoms with E-state index in [9.17, 15) is 0 Å². The molecule has 0 amide bonds. The van der Waals surface area contributed by atoms with Crippen LogP contribution in [-0.4, -0.2) is 0 Å². The normalized spacial score (nSPS) is 23.3. The smallest absolute Gasteiger partial charge is 0.0204 e. The highest BCUT2D eigenvalue weighted by Gasteiger charge is 2.33. The molecule has 0 radical (unpaired) electrons. The maximum Gasteiger partial charge on any atom is 0.0658 e. The molecule has 0 heterocycles. The van der Waals surface area contributed by atoms with Crippen LogP contribution in [0.1, 0.15) is 6.42 Å². The van der Waals surface area contributed by atoms with Crippen molar-refractivity contribution >= 4 is 0 Å². The molecule has 0 N–H and O–H groups in total. The van der Waals surface area contributed by atoms with E-state index in [-0.39, 0.29) is 0 Å². The van der Waals surface area contributed by atoms with Gasteiger partial charge in [0.15, 0.2) is 0 Å². The maximum atomic E-state index is 2.30. The van der Waals surface area contributed by atoms with Crippen LogP contribution in [0, 0.1) is 5.92 Å². The third kappa shape index (κ3) is 0.646. The topological polar surface area (TPSA) is 0 Å². The summed E-state index contributed by atoms with van der Waals surface area (Å²) in [7, 11) is 0. The lowest BCUT2D eigenvalue weighted by Crippen LogP contribution is -2.05. The van der Waals surface area contributed by atoms with Crippen molar-refractivity contribution in [1.29, 1.82) is 0 Å². The zero-order valence-corrected chi connectivity index (χ0v) is 6.75. The molecule has 12 heavy (non-hydrogen) atoms. The first kappa shape index (κ1) is 6.13. The van der Waals surface area contributed by atoms with E-state index in [1.807, 2.05) is 0 Å². The Kier molecular flexibility index (Phi) is 1.04. The Morgan fingerprint density at radius 2 is 1.83 bits per heavy atom. The zero-order chi connectivity index (χ0) is 7.97. The summed E-state index contributed by atoms with van der Waals surface area (Å²) in [5, 5.41) is 0. The maximum absolute atomic E-state index is 2.30. The van der Waals surface area contributed by atoms with E-state index >= 15 is 0 Å². The second-order valence-corrected chi connectivity index (χ2v) is 3.27. The summed E-state index contributed by atoms with van der Waals surface area (Å²) < 4.78 is 0. The lowest BCUT2D eigenvalue weighted by atomic mass is 9.83. The first-order valence-electron chi connectivity index (χ1n) is 4.29. The highest BCUT2D eigenvalue weighted by Crippen LogP contribution is 2.43. The van der Waals surface area contributed by atoms with Gasteiger partial charge in [-0.15, -0.1) is 0 Å². The predicted molar refractivity (Wildman–Crippen MR) is 50.4 cm³/mol. The molecule has 3 aliphatic rings. The molecule has 0 aliphatic heterocycles. The van der Waals surface area contributed by atoms with Crippen molar-refractivity contribution in [1.82, 2.24) is 0 Å². The summed E-state index contributed by atoms with van der Waals surface area (Å²) in [6, 6.07) is 0. The largest absolute Gasteiger partial charge is 0.0658 e. The lowest BCUT2D eigenvalue weighted by molar-refractivity contribution is 1.18. The van der Waals surface area contributed by atoms with E-state index in [1.54, 1.807) is 0 Å². The van der Waals surface area contributed by atoms with Gasteiger partial charge < -0.3 is 0 Å². The molecule has 0 heteroatoms. The van der Waals surface area contributed by atoms with Gasteiger partial charge in [0, 0.05) is 30.2 Å². The van der Waals surface area contributed by atoms with Gasteiger partial charge in [0.05, 0.1) is 17.1 Å². The van der Waals surface area contributed by atoms with Crippen molar-refractivity contribution in [3.63, 3.8) is 0 Å². The summed E-state index contributed by atoms with van der Waals surface area (Å²) in [5.74, 6) is 1.46. The Balaban J connectivity index is 2.22. The van der Waals surface area contributed by atoms with Crippen LogP contribution in [0.3, 0.4) is 0 Å². The summed E-state index contributed by atoms with van der Waals surface area (Å²) in [6.07, 6.45) is 16.5. The number of allylic oxidation sites excluding steroid dienone is 10. The molecule has 3 aliphatic carbocycles. The lowest BCUT2D eigenvalue weighted by Gasteiger charge is -2.14. The standard InChI is InChI=1S/C12H9/c1-3-9-4-2-6-11-8-7-10(5-1)12(9)11/h1-7H,8H2/q+1. The molecule has 0 nitrogen and oxygen atoms in total. The fourth-order valence-electron chi connectivity index (χ4n) is 2.01. The van der Waals surface area contributed by atoms with Crippen LogP contribution in [0.5, 0.6) is 0 Å². The highest BCUT2D eigenvalue weighted by atomic mass is 14.3. The van der Waals surface area contributed by atoms with Crippen molar-refractivity contribution in [3.8, 4) is 0 Å². The van der Waals surface area contributed by atoms with Crippen molar-refractivity contribution < 1.29 is 0 Å². The molecule has 0 fully saturated rings. The van der Waals surface area contributed by atoms with Crippen LogP contribution in [0.25, 0.3) is 0 Å². The second-order valence-electron chi connectivity index (χ2n) is 3.27. The molecular formula is C12H9+. The Morgan fingerprint density at radius 3 is 2.83 bits per heavy atom. The fourth-order valence-corrected chi connectivity index (χ4v) is 2.01. The van der Waals surface area contributed by atoms with Crippen LogP contribution in [0.15, 0.2) is 59.3 Å². The summed E-state index contributed by atoms with van der Waals surface area (Å²) in [5.41, 5.74) is 4.25. The molecule has 3 rings (SSSR count). The fraction of sp³-hybridized carbons (Fsp3) is 0.0833. The van der Waals surface area contributed by atoms with Crippen molar-refractivity contribution in [3.05, 3.63) is 65.2 Å². The van der Waals surface area contributed by atoms with Gasteiger partial charge in [-0.1, -0.05) is 0 Å².